The largest absolute Gasteiger partial charge is 0.310 e. The second-order valence-electron chi connectivity index (χ2n) is 2.71. The van der Waals surface area contributed by atoms with Crippen LogP contribution in [0.4, 0.5) is 0 Å². The van der Waals surface area contributed by atoms with Gasteiger partial charge in [0.05, 0.1) is 6.07 Å². The molecule has 1 aromatic rings. The molecule has 0 aromatic heterocycles. The van der Waals surface area contributed by atoms with Crippen LogP contribution in [-0.2, 0) is 6.54 Å². The van der Waals surface area contributed by atoms with Crippen molar-refractivity contribution in [1.82, 2.24) is 5.32 Å². The van der Waals surface area contributed by atoms with Gasteiger partial charge in [-0.25, -0.2) is 0 Å². The number of nitriles is 1. The number of alkyl halides is 1. The van der Waals surface area contributed by atoms with Gasteiger partial charge in [-0.05, 0) is 5.56 Å². The third-order valence-electron chi connectivity index (χ3n) is 1.64. The molecule has 0 bridgehead atoms. The standard InChI is InChI=1S/C10H11ClN2/c11-10(6-12)8-13-7-9-4-2-1-3-5-9/h1-5,10,13H,7-8H2. The van der Waals surface area contributed by atoms with Crippen LogP contribution in [-0.4, -0.2) is 11.9 Å². The monoisotopic (exact) mass is 194 g/mol. The first-order chi connectivity index (χ1) is 6.33. The molecular weight excluding hydrogens is 184 g/mol. The van der Waals surface area contributed by atoms with Crippen molar-refractivity contribution in [1.29, 1.82) is 5.26 Å². The molecule has 1 atom stereocenters. The molecule has 68 valence electrons. The predicted octanol–water partition coefficient (Wildman–Crippen LogP) is 1.91. The van der Waals surface area contributed by atoms with Crippen molar-refractivity contribution in [3.8, 4) is 6.07 Å². The van der Waals surface area contributed by atoms with Crippen molar-refractivity contribution in [3.63, 3.8) is 0 Å². The molecule has 1 unspecified atom stereocenters. The molecule has 0 saturated carbocycles. The zero-order valence-electron chi connectivity index (χ0n) is 7.20. The van der Waals surface area contributed by atoms with Crippen molar-refractivity contribution >= 4 is 11.6 Å². The molecule has 0 aliphatic heterocycles. The van der Waals surface area contributed by atoms with E-state index < -0.39 is 5.38 Å². The number of nitrogens with one attached hydrogen (secondary N) is 1. The van der Waals surface area contributed by atoms with Gasteiger partial charge in [-0.2, -0.15) is 5.26 Å². The summed E-state index contributed by atoms with van der Waals surface area (Å²) in [6.45, 7) is 1.28. The van der Waals surface area contributed by atoms with Crippen LogP contribution in [0.1, 0.15) is 5.56 Å². The topological polar surface area (TPSA) is 35.8 Å². The van der Waals surface area contributed by atoms with Gasteiger partial charge in [-0.1, -0.05) is 30.3 Å². The summed E-state index contributed by atoms with van der Waals surface area (Å²) in [7, 11) is 0. The third-order valence-corrected chi connectivity index (χ3v) is 1.89. The maximum absolute atomic E-state index is 8.41. The van der Waals surface area contributed by atoms with E-state index in [2.05, 4.69) is 5.32 Å². The van der Waals surface area contributed by atoms with Gasteiger partial charge in [-0.3, -0.25) is 0 Å². The number of hydrogen-bond donors (Lipinski definition) is 1. The van der Waals surface area contributed by atoms with Crippen molar-refractivity contribution in [2.24, 2.45) is 0 Å². The summed E-state index contributed by atoms with van der Waals surface area (Å²) in [6, 6.07) is 12.0. The predicted molar refractivity (Wildman–Crippen MR) is 53.4 cm³/mol. The van der Waals surface area contributed by atoms with E-state index in [1.54, 1.807) is 0 Å². The van der Waals surface area contributed by atoms with Crippen LogP contribution in [0.15, 0.2) is 30.3 Å². The molecule has 0 aliphatic rings. The van der Waals surface area contributed by atoms with Crippen molar-refractivity contribution in [3.05, 3.63) is 35.9 Å². The number of rotatable bonds is 4. The Kier molecular flexibility index (Phi) is 4.31. The zero-order chi connectivity index (χ0) is 9.52. The lowest BCUT2D eigenvalue weighted by molar-refractivity contribution is 0.702. The highest BCUT2D eigenvalue weighted by atomic mass is 35.5. The Morgan fingerprint density at radius 2 is 2.08 bits per heavy atom. The lowest BCUT2D eigenvalue weighted by Gasteiger charge is -2.03. The summed E-state index contributed by atoms with van der Waals surface area (Å²) < 4.78 is 0. The minimum atomic E-state index is -0.441. The van der Waals surface area contributed by atoms with Gasteiger partial charge in [0.25, 0.3) is 0 Å². The lowest BCUT2D eigenvalue weighted by Crippen LogP contribution is -2.21. The highest BCUT2D eigenvalue weighted by Gasteiger charge is 1.99. The normalized spacial score (nSPS) is 12.0. The first-order valence-corrected chi connectivity index (χ1v) is 4.55. The molecule has 0 spiro atoms. The second-order valence-corrected chi connectivity index (χ2v) is 3.24. The third kappa shape index (κ3) is 3.93. The van der Waals surface area contributed by atoms with Crippen molar-refractivity contribution in [2.75, 3.05) is 6.54 Å². The van der Waals surface area contributed by atoms with Crippen LogP contribution < -0.4 is 5.32 Å². The summed E-state index contributed by atoms with van der Waals surface area (Å²) >= 11 is 5.61. The first kappa shape index (κ1) is 10.0. The molecule has 0 saturated heterocycles. The molecule has 1 N–H and O–H groups in total. The second kappa shape index (κ2) is 5.58. The summed E-state index contributed by atoms with van der Waals surface area (Å²) in [5.41, 5.74) is 1.20. The van der Waals surface area contributed by atoms with E-state index in [-0.39, 0.29) is 0 Å². The van der Waals surface area contributed by atoms with Crippen LogP contribution in [0.5, 0.6) is 0 Å². The van der Waals surface area contributed by atoms with Crippen molar-refractivity contribution in [2.45, 2.75) is 11.9 Å². The molecule has 0 radical (unpaired) electrons. The average molecular weight is 195 g/mol. The van der Waals surface area contributed by atoms with E-state index in [1.165, 1.54) is 5.56 Å². The molecular formula is C10H11ClN2. The van der Waals surface area contributed by atoms with E-state index in [4.69, 9.17) is 16.9 Å². The Labute approximate surface area is 83.1 Å². The molecule has 3 heteroatoms. The van der Waals surface area contributed by atoms with E-state index in [0.717, 1.165) is 6.54 Å². The van der Waals surface area contributed by atoms with E-state index in [9.17, 15) is 0 Å². The van der Waals surface area contributed by atoms with Gasteiger partial charge in [0.15, 0.2) is 0 Å². The number of halogens is 1. The fourth-order valence-electron chi connectivity index (χ4n) is 0.985. The number of benzene rings is 1. The summed E-state index contributed by atoms with van der Waals surface area (Å²) in [5, 5.41) is 11.1. The zero-order valence-corrected chi connectivity index (χ0v) is 7.96. The van der Waals surface area contributed by atoms with Gasteiger partial charge in [-0.15, -0.1) is 11.6 Å². The Morgan fingerprint density at radius 3 is 2.69 bits per heavy atom. The molecule has 1 aromatic carbocycles. The summed E-state index contributed by atoms with van der Waals surface area (Å²) in [4.78, 5) is 0. The molecule has 0 heterocycles. The van der Waals surface area contributed by atoms with Crippen LogP contribution in [0.25, 0.3) is 0 Å². The molecule has 1 rings (SSSR count). The summed E-state index contributed by atoms with van der Waals surface area (Å²) in [6.07, 6.45) is 0. The van der Waals surface area contributed by atoms with E-state index >= 15 is 0 Å². The van der Waals surface area contributed by atoms with E-state index in [0.29, 0.717) is 6.54 Å². The SMILES string of the molecule is N#CC(Cl)CNCc1ccccc1. The van der Waals surface area contributed by atoms with Crippen LogP contribution in [0, 0.1) is 11.3 Å². The van der Waals surface area contributed by atoms with Gasteiger partial charge in [0, 0.05) is 13.1 Å². The Balaban J connectivity index is 2.25. The highest BCUT2D eigenvalue weighted by Crippen LogP contribution is 1.98. The molecule has 0 fully saturated rings. The number of hydrogen-bond acceptors (Lipinski definition) is 2. The molecule has 2 nitrogen and oxygen atoms in total. The minimum absolute atomic E-state index is 0.441. The Bertz CT molecular complexity index is 279. The number of nitrogens with zero attached hydrogens (tertiary/aromatic N) is 1. The van der Waals surface area contributed by atoms with Crippen molar-refractivity contribution < 1.29 is 0 Å². The fourth-order valence-corrected chi connectivity index (χ4v) is 1.09. The van der Waals surface area contributed by atoms with E-state index in [1.807, 2.05) is 36.4 Å². The van der Waals surface area contributed by atoms with Crippen LogP contribution in [0.3, 0.4) is 0 Å². The van der Waals surface area contributed by atoms with Crippen LogP contribution >= 0.6 is 11.6 Å². The maximum atomic E-state index is 8.41. The Morgan fingerprint density at radius 1 is 1.38 bits per heavy atom. The molecule has 0 amide bonds. The average Bonchev–Trinajstić information content (AvgIpc) is 2.19. The van der Waals surface area contributed by atoms with Crippen LogP contribution in [0.2, 0.25) is 0 Å². The van der Waals surface area contributed by atoms with Gasteiger partial charge in [0.2, 0.25) is 0 Å². The fraction of sp³-hybridized carbons (Fsp3) is 0.300. The highest BCUT2D eigenvalue weighted by molar-refractivity contribution is 6.22. The first-order valence-electron chi connectivity index (χ1n) is 4.11. The maximum Gasteiger partial charge on any atom is 0.132 e. The van der Waals surface area contributed by atoms with Gasteiger partial charge >= 0.3 is 0 Å². The Hall–Kier alpha value is -1.04. The van der Waals surface area contributed by atoms with Gasteiger partial charge in [0.1, 0.15) is 5.38 Å². The molecule has 13 heavy (non-hydrogen) atoms. The smallest absolute Gasteiger partial charge is 0.132 e. The summed E-state index contributed by atoms with van der Waals surface area (Å²) in [5.74, 6) is 0. The quantitative estimate of drug-likeness (QED) is 0.744. The minimum Gasteiger partial charge on any atom is -0.310 e. The lowest BCUT2D eigenvalue weighted by atomic mass is 10.2. The molecule has 0 aliphatic carbocycles. The van der Waals surface area contributed by atoms with Gasteiger partial charge < -0.3 is 5.32 Å².